The highest BCUT2D eigenvalue weighted by Crippen LogP contribution is 2.34. The lowest BCUT2D eigenvalue weighted by Gasteiger charge is -2.18. The van der Waals surface area contributed by atoms with E-state index >= 15 is 0 Å². The van der Waals surface area contributed by atoms with Crippen molar-refractivity contribution in [1.82, 2.24) is 4.90 Å². The zero-order chi connectivity index (χ0) is 14.7. The Kier molecular flexibility index (Phi) is 4.69. The molecule has 0 bridgehead atoms. The first kappa shape index (κ1) is 14.7. The third-order valence-corrected chi connectivity index (χ3v) is 4.28. The summed E-state index contributed by atoms with van der Waals surface area (Å²) in [6.45, 7) is 2.88. The molecule has 1 unspecified atom stereocenters. The van der Waals surface area contributed by atoms with Crippen LogP contribution < -0.4 is 4.74 Å². The molecule has 21 heavy (non-hydrogen) atoms. The van der Waals surface area contributed by atoms with Crippen LogP contribution in [0.3, 0.4) is 0 Å². The summed E-state index contributed by atoms with van der Waals surface area (Å²) >= 11 is 12.3. The summed E-state index contributed by atoms with van der Waals surface area (Å²) in [6, 6.07) is 15.9. The van der Waals surface area contributed by atoms with Gasteiger partial charge in [0.2, 0.25) is 0 Å². The van der Waals surface area contributed by atoms with Crippen molar-refractivity contribution in [3.05, 3.63) is 64.1 Å². The second-order valence-electron chi connectivity index (χ2n) is 5.30. The normalized spacial score (nSPS) is 18.9. The van der Waals surface area contributed by atoms with Crippen LogP contribution >= 0.6 is 23.2 Å². The van der Waals surface area contributed by atoms with Gasteiger partial charge < -0.3 is 4.74 Å². The summed E-state index contributed by atoms with van der Waals surface area (Å²) in [7, 11) is 0. The molecular formula is C17H17Cl2NO. The third kappa shape index (κ3) is 3.70. The Balaban J connectivity index is 1.60. The topological polar surface area (TPSA) is 12.5 Å². The molecule has 0 aliphatic carbocycles. The van der Waals surface area contributed by atoms with Gasteiger partial charge in [0.05, 0.1) is 10.0 Å². The highest BCUT2D eigenvalue weighted by Gasteiger charge is 2.25. The lowest BCUT2D eigenvalue weighted by molar-refractivity contribution is 0.198. The molecule has 1 aliphatic rings. The summed E-state index contributed by atoms with van der Waals surface area (Å²) in [5.41, 5.74) is 1.33. The van der Waals surface area contributed by atoms with E-state index in [1.54, 1.807) is 12.1 Å². The molecule has 1 saturated heterocycles. The van der Waals surface area contributed by atoms with Crippen LogP contribution in [0.15, 0.2) is 48.5 Å². The van der Waals surface area contributed by atoms with E-state index in [2.05, 4.69) is 29.2 Å². The average molecular weight is 322 g/mol. The van der Waals surface area contributed by atoms with E-state index < -0.39 is 0 Å². The van der Waals surface area contributed by atoms with Crippen molar-refractivity contribution in [3.8, 4) is 5.75 Å². The zero-order valence-corrected chi connectivity index (χ0v) is 13.1. The molecule has 2 aromatic rings. The van der Waals surface area contributed by atoms with Crippen LogP contribution in [0.2, 0.25) is 10.0 Å². The minimum absolute atomic E-state index is 0.145. The highest BCUT2D eigenvalue weighted by atomic mass is 35.5. The van der Waals surface area contributed by atoms with Crippen LogP contribution in [0.1, 0.15) is 12.0 Å². The number of para-hydroxylation sites is 1. The standard InChI is InChI=1S/C17H17Cl2NO/c18-15-7-4-8-16(19)17(15)21-14-9-10-20(12-14)11-13-5-2-1-3-6-13/h1-8,14H,9-12H2. The summed E-state index contributed by atoms with van der Waals surface area (Å²) < 4.78 is 6.00. The van der Waals surface area contributed by atoms with E-state index in [0.29, 0.717) is 15.8 Å². The van der Waals surface area contributed by atoms with Crippen LogP contribution in [0, 0.1) is 0 Å². The average Bonchev–Trinajstić information content (AvgIpc) is 2.91. The predicted octanol–water partition coefficient (Wildman–Crippen LogP) is 4.65. The van der Waals surface area contributed by atoms with Crippen LogP contribution in [-0.2, 0) is 6.54 Å². The quantitative estimate of drug-likeness (QED) is 0.812. The molecule has 1 fully saturated rings. The summed E-state index contributed by atoms with van der Waals surface area (Å²) in [5.74, 6) is 0.604. The number of nitrogens with zero attached hydrogens (tertiary/aromatic N) is 1. The molecule has 0 aromatic heterocycles. The zero-order valence-electron chi connectivity index (χ0n) is 11.6. The number of hydrogen-bond acceptors (Lipinski definition) is 2. The molecular weight excluding hydrogens is 305 g/mol. The first-order chi connectivity index (χ1) is 10.2. The van der Waals surface area contributed by atoms with Crippen molar-refractivity contribution >= 4 is 23.2 Å². The molecule has 0 amide bonds. The van der Waals surface area contributed by atoms with Gasteiger partial charge >= 0.3 is 0 Å². The molecule has 1 aliphatic heterocycles. The van der Waals surface area contributed by atoms with Gasteiger partial charge in [0, 0.05) is 19.6 Å². The van der Waals surface area contributed by atoms with Crippen molar-refractivity contribution in [2.24, 2.45) is 0 Å². The van der Waals surface area contributed by atoms with Gasteiger partial charge in [-0.25, -0.2) is 0 Å². The molecule has 110 valence electrons. The van der Waals surface area contributed by atoms with E-state index in [9.17, 15) is 0 Å². The number of ether oxygens (including phenoxy) is 1. The van der Waals surface area contributed by atoms with Crippen LogP contribution in [0.4, 0.5) is 0 Å². The smallest absolute Gasteiger partial charge is 0.156 e. The Hall–Kier alpha value is -1.22. The number of rotatable bonds is 4. The van der Waals surface area contributed by atoms with Gasteiger partial charge in [-0.1, -0.05) is 59.6 Å². The maximum atomic E-state index is 6.15. The van der Waals surface area contributed by atoms with Crippen LogP contribution in [0.5, 0.6) is 5.75 Å². The first-order valence-corrected chi connectivity index (χ1v) is 7.85. The lowest BCUT2D eigenvalue weighted by atomic mass is 10.2. The van der Waals surface area contributed by atoms with E-state index in [1.807, 2.05) is 12.1 Å². The van der Waals surface area contributed by atoms with Crippen molar-refractivity contribution in [1.29, 1.82) is 0 Å². The Morgan fingerprint density at radius 3 is 2.43 bits per heavy atom. The molecule has 0 radical (unpaired) electrons. The number of likely N-dealkylation sites (tertiary alicyclic amines) is 1. The van der Waals surface area contributed by atoms with Gasteiger partial charge in [0.25, 0.3) is 0 Å². The molecule has 2 nitrogen and oxygen atoms in total. The molecule has 0 N–H and O–H groups in total. The van der Waals surface area contributed by atoms with Gasteiger partial charge in [0.1, 0.15) is 6.10 Å². The lowest BCUT2D eigenvalue weighted by Crippen LogP contribution is -2.24. The molecule has 0 saturated carbocycles. The summed E-state index contributed by atoms with van der Waals surface area (Å²) in [5, 5.41) is 1.15. The Morgan fingerprint density at radius 2 is 1.71 bits per heavy atom. The van der Waals surface area contributed by atoms with Gasteiger partial charge in [-0.3, -0.25) is 4.90 Å². The van der Waals surface area contributed by atoms with Gasteiger partial charge in [-0.15, -0.1) is 0 Å². The van der Waals surface area contributed by atoms with E-state index in [4.69, 9.17) is 27.9 Å². The van der Waals surface area contributed by atoms with E-state index in [-0.39, 0.29) is 6.10 Å². The Labute approximate surface area is 135 Å². The molecule has 1 atom stereocenters. The van der Waals surface area contributed by atoms with Crippen molar-refractivity contribution in [3.63, 3.8) is 0 Å². The fourth-order valence-corrected chi connectivity index (χ4v) is 3.13. The van der Waals surface area contributed by atoms with Crippen LogP contribution in [-0.4, -0.2) is 24.1 Å². The van der Waals surface area contributed by atoms with Crippen molar-refractivity contribution in [2.45, 2.75) is 19.1 Å². The maximum Gasteiger partial charge on any atom is 0.156 e. The number of benzene rings is 2. The van der Waals surface area contributed by atoms with E-state index in [0.717, 1.165) is 26.1 Å². The predicted molar refractivity (Wildman–Crippen MR) is 87.2 cm³/mol. The second kappa shape index (κ2) is 6.69. The highest BCUT2D eigenvalue weighted by molar-refractivity contribution is 6.37. The summed E-state index contributed by atoms with van der Waals surface area (Å²) in [4.78, 5) is 2.39. The van der Waals surface area contributed by atoms with Gasteiger partial charge in [0.15, 0.2) is 5.75 Å². The van der Waals surface area contributed by atoms with Gasteiger partial charge in [-0.2, -0.15) is 0 Å². The first-order valence-electron chi connectivity index (χ1n) is 7.09. The number of halogens is 2. The monoisotopic (exact) mass is 321 g/mol. The van der Waals surface area contributed by atoms with Crippen molar-refractivity contribution in [2.75, 3.05) is 13.1 Å². The molecule has 0 spiro atoms. The molecule has 2 aromatic carbocycles. The molecule has 1 heterocycles. The second-order valence-corrected chi connectivity index (χ2v) is 6.11. The van der Waals surface area contributed by atoms with E-state index in [1.165, 1.54) is 5.56 Å². The molecule has 3 rings (SSSR count). The fourth-order valence-electron chi connectivity index (χ4n) is 2.64. The van der Waals surface area contributed by atoms with Crippen molar-refractivity contribution < 1.29 is 4.74 Å². The Morgan fingerprint density at radius 1 is 1.00 bits per heavy atom. The Bertz CT molecular complexity index is 583. The SMILES string of the molecule is Clc1cccc(Cl)c1OC1CCN(Cc2ccccc2)C1. The minimum Gasteiger partial charge on any atom is -0.486 e. The minimum atomic E-state index is 0.145. The third-order valence-electron chi connectivity index (χ3n) is 3.68. The maximum absolute atomic E-state index is 6.15. The summed E-state index contributed by atoms with van der Waals surface area (Å²) in [6.07, 6.45) is 1.14. The van der Waals surface area contributed by atoms with Crippen LogP contribution in [0.25, 0.3) is 0 Å². The largest absolute Gasteiger partial charge is 0.486 e. The molecule has 4 heteroatoms. The number of hydrogen-bond donors (Lipinski definition) is 0. The van der Waals surface area contributed by atoms with Gasteiger partial charge in [-0.05, 0) is 24.1 Å². The fraction of sp³-hybridized carbons (Fsp3) is 0.294.